The van der Waals surface area contributed by atoms with Crippen LogP contribution in [0, 0.1) is 6.92 Å². The Hall–Kier alpha value is -1.27. The van der Waals surface area contributed by atoms with Crippen LogP contribution in [0.15, 0.2) is 18.2 Å². The molecule has 122 valence electrons. The number of likely N-dealkylation sites (N-methyl/N-ethyl adjacent to an activating group) is 1. The second-order valence-corrected chi connectivity index (χ2v) is 8.10. The first-order valence-electron chi connectivity index (χ1n) is 7.21. The predicted molar refractivity (Wildman–Crippen MR) is 86.1 cm³/mol. The Balaban J connectivity index is 1.98. The van der Waals surface area contributed by atoms with Gasteiger partial charge in [-0.1, -0.05) is 11.6 Å². The highest BCUT2D eigenvalue weighted by atomic mass is 35.5. The van der Waals surface area contributed by atoms with E-state index in [-0.39, 0.29) is 30.1 Å². The number of sulfone groups is 1. The van der Waals surface area contributed by atoms with Crippen LogP contribution in [0.3, 0.4) is 0 Å². The number of nitrogens with zero attached hydrogens (tertiary/aromatic N) is 1. The van der Waals surface area contributed by atoms with Gasteiger partial charge in [-0.25, -0.2) is 8.42 Å². The Morgan fingerprint density at radius 1 is 1.45 bits per heavy atom. The molecule has 1 amide bonds. The summed E-state index contributed by atoms with van der Waals surface area (Å²) in [6.45, 7) is 4.07. The summed E-state index contributed by atoms with van der Waals surface area (Å²) >= 11 is 5.88. The van der Waals surface area contributed by atoms with Gasteiger partial charge in [0.15, 0.2) is 16.4 Å². The van der Waals surface area contributed by atoms with Crippen molar-refractivity contribution in [3.05, 3.63) is 28.8 Å². The van der Waals surface area contributed by atoms with E-state index in [0.29, 0.717) is 23.7 Å². The van der Waals surface area contributed by atoms with Crippen LogP contribution in [-0.4, -0.2) is 49.9 Å². The summed E-state index contributed by atoms with van der Waals surface area (Å²) < 4.78 is 28.7. The van der Waals surface area contributed by atoms with Crippen LogP contribution in [0.1, 0.15) is 18.9 Å². The number of halogens is 1. The number of carbonyl (C=O) groups excluding carboxylic acids is 1. The summed E-state index contributed by atoms with van der Waals surface area (Å²) in [6.07, 6.45) is 0.502. The van der Waals surface area contributed by atoms with Crippen molar-refractivity contribution in [2.24, 2.45) is 0 Å². The summed E-state index contributed by atoms with van der Waals surface area (Å²) in [6, 6.07) is 4.96. The molecular formula is C15H20ClNO4S. The van der Waals surface area contributed by atoms with E-state index in [1.807, 2.05) is 13.8 Å². The van der Waals surface area contributed by atoms with E-state index in [1.54, 1.807) is 23.1 Å². The van der Waals surface area contributed by atoms with Gasteiger partial charge in [0.05, 0.1) is 11.5 Å². The minimum atomic E-state index is -3.01. The fourth-order valence-corrected chi connectivity index (χ4v) is 4.61. The summed E-state index contributed by atoms with van der Waals surface area (Å²) in [5.41, 5.74) is 0.854. The Bertz CT molecular complexity index is 660. The van der Waals surface area contributed by atoms with Gasteiger partial charge in [0.1, 0.15) is 5.75 Å². The molecule has 22 heavy (non-hydrogen) atoms. The number of ether oxygens (including phenoxy) is 1. The van der Waals surface area contributed by atoms with Crippen LogP contribution in [0.25, 0.3) is 0 Å². The molecule has 1 aliphatic heterocycles. The van der Waals surface area contributed by atoms with Crippen LogP contribution >= 0.6 is 11.6 Å². The average Bonchev–Trinajstić information content (AvgIpc) is 2.78. The predicted octanol–water partition coefficient (Wildman–Crippen LogP) is 2.06. The molecule has 0 aliphatic carbocycles. The highest BCUT2D eigenvalue weighted by Gasteiger charge is 2.33. The second-order valence-electron chi connectivity index (χ2n) is 5.44. The van der Waals surface area contributed by atoms with E-state index in [9.17, 15) is 13.2 Å². The molecule has 0 spiro atoms. The van der Waals surface area contributed by atoms with Crippen molar-refractivity contribution in [2.75, 3.05) is 24.7 Å². The van der Waals surface area contributed by atoms with Crippen molar-refractivity contribution in [3.8, 4) is 5.75 Å². The third kappa shape index (κ3) is 4.14. The molecule has 0 bridgehead atoms. The van der Waals surface area contributed by atoms with Crippen LogP contribution < -0.4 is 4.74 Å². The van der Waals surface area contributed by atoms with Crippen LogP contribution in [-0.2, 0) is 14.6 Å². The Labute approximate surface area is 136 Å². The molecule has 2 rings (SSSR count). The number of hydrogen-bond acceptors (Lipinski definition) is 4. The van der Waals surface area contributed by atoms with Crippen LogP contribution in [0.5, 0.6) is 5.75 Å². The minimum Gasteiger partial charge on any atom is -0.483 e. The second kappa shape index (κ2) is 6.87. The van der Waals surface area contributed by atoms with Gasteiger partial charge >= 0.3 is 0 Å². The first kappa shape index (κ1) is 17.1. The van der Waals surface area contributed by atoms with Gasteiger partial charge in [0, 0.05) is 17.6 Å². The molecule has 1 heterocycles. The average molecular weight is 346 g/mol. The van der Waals surface area contributed by atoms with Crippen LogP contribution in [0.4, 0.5) is 0 Å². The lowest BCUT2D eigenvalue weighted by Crippen LogP contribution is -2.43. The molecule has 5 nitrogen and oxygen atoms in total. The quantitative estimate of drug-likeness (QED) is 0.819. The highest BCUT2D eigenvalue weighted by molar-refractivity contribution is 7.91. The molecule has 1 aromatic carbocycles. The molecule has 0 radical (unpaired) electrons. The van der Waals surface area contributed by atoms with Gasteiger partial charge in [-0.3, -0.25) is 4.79 Å². The molecule has 1 aromatic rings. The molecule has 1 unspecified atom stereocenters. The van der Waals surface area contributed by atoms with Gasteiger partial charge in [-0.2, -0.15) is 0 Å². The molecule has 7 heteroatoms. The molecule has 1 fully saturated rings. The zero-order chi connectivity index (χ0) is 16.3. The summed E-state index contributed by atoms with van der Waals surface area (Å²) in [5, 5.41) is 0.613. The highest BCUT2D eigenvalue weighted by Crippen LogP contribution is 2.22. The number of hydrogen-bond donors (Lipinski definition) is 0. The summed E-state index contributed by atoms with van der Waals surface area (Å²) in [5.74, 6) is 0.609. The Morgan fingerprint density at radius 2 is 2.18 bits per heavy atom. The zero-order valence-electron chi connectivity index (χ0n) is 12.7. The third-order valence-corrected chi connectivity index (χ3v) is 5.78. The zero-order valence-corrected chi connectivity index (χ0v) is 14.3. The molecule has 1 saturated heterocycles. The molecule has 0 aromatic heterocycles. The van der Waals surface area contributed by atoms with Crippen molar-refractivity contribution in [1.29, 1.82) is 0 Å². The summed E-state index contributed by atoms with van der Waals surface area (Å²) in [7, 11) is -3.01. The molecule has 0 saturated carbocycles. The van der Waals surface area contributed by atoms with Gasteiger partial charge in [-0.15, -0.1) is 0 Å². The van der Waals surface area contributed by atoms with Gasteiger partial charge in [0.25, 0.3) is 5.91 Å². The van der Waals surface area contributed by atoms with E-state index < -0.39 is 9.84 Å². The van der Waals surface area contributed by atoms with E-state index in [4.69, 9.17) is 16.3 Å². The fourth-order valence-electron chi connectivity index (χ4n) is 2.66. The lowest BCUT2D eigenvalue weighted by Gasteiger charge is -2.26. The Kier molecular flexibility index (Phi) is 5.34. The fraction of sp³-hybridized carbons (Fsp3) is 0.533. The minimum absolute atomic E-state index is 0.0482. The van der Waals surface area contributed by atoms with Crippen molar-refractivity contribution < 1.29 is 17.9 Å². The standard InChI is InChI=1S/C15H20ClNO4S/c1-3-17(13-6-7-22(19,20)10-13)15(18)9-21-14-5-4-12(16)8-11(14)2/h4-5,8,13H,3,6-7,9-10H2,1-2H3. The van der Waals surface area contributed by atoms with Crippen molar-refractivity contribution in [2.45, 2.75) is 26.3 Å². The van der Waals surface area contributed by atoms with Gasteiger partial charge < -0.3 is 9.64 Å². The van der Waals surface area contributed by atoms with E-state index >= 15 is 0 Å². The number of carbonyl (C=O) groups is 1. The van der Waals surface area contributed by atoms with Gasteiger partial charge in [0.2, 0.25) is 0 Å². The maximum atomic E-state index is 12.3. The molecular weight excluding hydrogens is 326 g/mol. The number of rotatable bonds is 5. The monoisotopic (exact) mass is 345 g/mol. The van der Waals surface area contributed by atoms with Crippen molar-refractivity contribution >= 4 is 27.3 Å². The molecule has 0 N–H and O–H groups in total. The van der Waals surface area contributed by atoms with Crippen molar-refractivity contribution in [1.82, 2.24) is 4.90 Å². The maximum Gasteiger partial charge on any atom is 0.260 e. The topological polar surface area (TPSA) is 63.7 Å². The number of benzene rings is 1. The number of amides is 1. The third-order valence-electron chi connectivity index (χ3n) is 3.80. The van der Waals surface area contributed by atoms with E-state index in [0.717, 1.165) is 5.56 Å². The summed E-state index contributed by atoms with van der Waals surface area (Å²) in [4.78, 5) is 13.9. The smallest absolute Gasteiger partial charge is 0.260 e. The largest absolute Gasteiger partial charge is 0.483 e. The number of aryl methyl sites for hydroxylation is 1. The first-order valence-corrected chi connectivity index (χ1v) is 9.41. The Morgan fingerprint density at radius 3 is 2.73 bits per heavy atom. The van der Waals surface area contributed by atoms with E-state index in [1.165, 1.54) is 0 Å². The van der Waals surface area contributed by atoms with Crippen molar-refractivity contribution in [3.63, 3.8) is 0 Å². The maximum absolute atomic E-state index is 12.3. The van der Waals surface area contributed by atoms with Crippen LogP contribution in [0.2, 0.25) is 5.02 Å². The van der Waals surface area contributed by atoms with E-state index in [2.05, 4.69) is 0 Å². The lowest BCUT2D eigenvalue weighted by molar-refractivity contribution is -0.135. The first-order chi connectivity index (χ1) is 10.3. The molecule has 1 aliphatic rings. The normalized spacial score (nSPS) is 19.9. The molecule has 1 atom stereocenters. The lowest BCUT2D eigenvalue weighted by atomic mass is 10.2. The SMILES string of the molecule is CCN(C(=O)COc1ccc(Cl)cc1C)C1CCS(=O)(=O)C1. The van der Waals surface area contributed by atoms with Gasteiger partial charge in [-0.05, 0) is 44.0 Å².